The van der Waals surface area contributed by atoms with E-state index in [1.54, 1.807) is 16.9 Å². The maximum Gasteiger partial charge on any atom is 0.316 e. The average molecular weight is 388 g/mol. The molecule has 0 saturated carbocycles. The summed E-state index contributed by atoms with van der Waals surface area (Å²) in [7, 11) is 0. The highest BCUT2D eigenvalue weighted by Crippen LogP contribution is 2.25. The van der Waals surface area contributed by atoms with Crippen LogP contribution in [0.4, 0.5) is 0 Å². The zero-order valence-electron chi connectivity index (χ0n) is 14.7. The SMILES string of the molecule is Cc1nn(-c2ccccc2Cl)cc1-c1noc(C(=O)NC[C@H]2CCCO2)n1. The van der Waals surface area contributed by atoms with Crippen LogP contribution >= 0.6 is 11.6 Å². The Labute approximate surface area is 160 Å². The van der Waals surface area contributed by atoms with Crippen molar-refractivity contribution in [3.05, 3.63) is 47.1 Å². The number of halogens is 1. The third-order valence-corrected chi connectivity index (χ3v) is 4.69. The number of aromatic nitrogens is 4. The standard InChI is InChI=1S/C18H18ClN5O3/c1-11-13(10-24(22-11)15-7-3-2-6-14(15)19)16-21-18(27-23-16)17(25)20-9-12-5-4-8-26-12/h2-3,6-7,10,12H,4-5,8-9H2,1H3,(H,20,25)/t12-/m1/s1. The molecule has 140 valence electrons. The van der Waals surface area contributed by atoms with Crippen LogP contribution in [0.5, 0.6) is 0 Å². The molecule has 1 saturated heterocycles. The number of nitrogens with one attached hydrogen (secondary N) is 1. The number of carbonyl (C=O) groups excluding carboxylic acids is 1. The first-order valence-electron chi connectivity index (χ1n) is 8.67. The van der Waals surface area contributed by atoms with Crippen LogP contribution in [0.1, 0.15) is 29.2 Å². The average Bonchev–Trinajstić information content (AvgIpc) is 3.41. The van der Waals surface area contributed by atoms with Crippen LogP contribution in [0.25, 0.3) is 17.1 Å². The lowest BCUT2D eigenvalue weighted by atomic mass is 10.2. The van der Waals surface area contributed by atoms with Crippen LogP contribution in [0.15, 0.2) is 35.0 Å². The minimum Gasteiger partial charge on any atom is -0.376 e. The molecule has 3 aromatic rings. The maximum atomic E-state index is 12.2. The van der Waals surface area contributed by atoms with Gasteiger partial charge in [-0.3, -0.25) is 4.79 Å². The number of rotatable bonds is 5. The van der Waals surface area contributed by atoms with E-state index < -0.39 is 5.91 Å². The summed E-state index contributed by atoms with van der Waals surface area (Å²) in [6.07, 6.45) is 3.76. The van der Waals surface area contributed by atoms with Crippen molar-refractivity contribution in [3.63, 3.8) is 0 Å². The lowest BCUT2D eigenvalue weighted by Gasteiger charge is -2.08. The number of hydrogen-bond acceptors (Lipinski definition) is 6. The van der Waals surface area contributed by atoms with Crippen molar-refractivity contribution in [3.8, 4) is 17.1 Å². The Balaban J connectivity index is 1.51. The molecule has 0 bridgehead atoms. The van der Waals surface area contributed by atoms with Gasteiger partial charge in [0.15, 0.2) is 0 Å². The van der Waals surface area contributed by atoms with Gasteiger partial charge < -0.3 is 14.6 Å². The van der Waals surface area contributed by atoms with Crippen molar-refractivity contribution in [2.24, 2.45) is 0 Å². The van der Waals surface area contributed by atoms with Crippen molar-refractivity contribution in [1.82, 2.24) is 25.2 Å². The van der Waals surface area contributed by atoms with Crippen molar-refractivity contribution in [2.75, 3.05) is 13.2 Å². The summed E-state index contributed by atoms with van der Waals surface area (Å²) < 4.78 is 12.2. The smallest absolute Gasteiger partial charge is 0.316 e. The number of carbonyl (C=O) groups is 1. The lowest BCUT2D eigenvalue weighted by Crippen LogP contribution is -2.31. The predicted octanol–water partition coefficient (Wildman–Crippen LogP) is 2.79. The number of para-hydroxylation sites is 1. The van der Waals surface area contributed by atoms with Gasteiger partial charge in [-0.2, -0.15) is 10.1 Å². The van der Waals surface area contributed by atoms with Gasteiger partial charge in [-0.1, -0.05) is 28.9 Å². The number of hydrogen-bond donors (Lipinski definition) is 1. The Hall–Kier alpha value is -2.71. The molecule has 1 aliphatic heterocycles. The summed E-state index contributed by atoms with van der Waals surface area (Å²) in [5, 5.41) is 11.7. The zero-order valence-corrected chi connectivity index (χ0v) is 15.4. The fourth-order valence-corrected chi connectivity index (χ4v) is 3.18. The third kappa shape index (κ3) is 3.72. The molecule has 1 aromatic carbocycles. The maximum absolute atomic E-state index is 12.2. The molecular weight excluding hydrogens is 370 g/mol. The van der Waals surface area contributed by atoms with Crippen LogP contribution in [-0.2, 0) is 4.74 Å². The van der Waals surface area contributed by atoms with Gasteiger partial charge in [-0.25, -0.2) is 4.68 Å². The first-order valence-corrected chi connectivity index (χ1v) is 9.04. The van der Waals surface area contributed by atoms with E-state index in [-0.39, 0.29) is 12.0 Å². The van der Waals surface area contributed by atoms with Crippen molar-refractivity contribution in [2.45, 2.75) is 25.9 Å². The Kier molecular flexibility index (Phi) is 4.91. The largest absolute Gasteiger partial charge is 0.376 e. The van der Waals surface area contributed by atoms with E-state index in [0.717, 1.165) is 25.1 Å². The van der Waals surface area contributed by atoms with Gasteiger partial charge in [0.2, 0.25) is 5.82 Å². The van der Waals surface area contributed by atoms with Crippen molar-refractivity contribution < 1.29 is 14.1 Å². The highest BCUT2D eigenvalue weighted by molar-refractivity contribution is 6.32. The topological polar surface area (TPSA) is 95.1 Å². The number of nitrogens with zero attached hydrogens (tertiary/aromatic N) is 4. The van der Waals surface area contributed by atoms with Gasteiger partial charge in [0.25, 0.3) is 0 Å². The molecule has 0 spiro atoms. The van der Waals surface area contributed by atoms with Crippen LogP contribution in [0.2, 0.25) is 5.02 Å². The molecule has 9 heteroatoms. The van der Waals surface area contributed by atoms with E-state index in [2.05, 4.69) is 20.6 Å². The number of amides is 1. The highest BCUT2D eigenvalue weighted by atomic mass is 35.5. The van der Waals surface area contributed by atoms with E-state index in [0.29, 0.717) is 28.6 Å². The Morgan fingerprint density at radius 1 is 1.41 bits per heavy atom. The van der Waals surface area contributed by atoms with Crippen LogP contribution < -0.4 is 5.32 Å². The molecule has 0 aliphatic carbocycles. The van der Waals surface area contributed by atoms with Crippen LogP contribution in [-0.4, -0.2) is 45.1 Å². The molecule has 8 nitrogen and oxygen atoms in total. The monoisotopic (exact) mass is 387 g/mol. The summed E-state index contributed by atoms with van der Waals surface area (Å²) in [6, 6.07) is 7.38. The Morgan fingerprint density at radius 3 is 3.04 bits per heavy atom. The van der Waals surface area contributed by atoms with E-state index in [1.807, 2.05) is 25.1 Å². The lowest BCUT2D eigenvalue weighted by molar-refractivity contribution is 0.0822. The second kappa shape index (κ2) is 7.50. The van der Waals surface area contributed by atoms with Gasteiger partial charge in [0.1, 0.15) is 0 Å². The second-order valence-electron chi connectivity index (χ2n) is 6.29. The van der Waals surface area contributed by atoms with E-state index in [4.69, 9.17) is 20.9 Å². The molecule has 1 aliphatic rings. The van der Waals surface area contributed by atoms with Gasteiger partial charge in [0.05, 0.1) is 28.1 Å². The molecular formula is C18H18ClN5O3. The molecule has 1 amide bonds. The summed E-state index contributed by atoms with van der Waals surface area (Å²) in [5.41, 5.74) is 2.10. The minimum atomic E-state index is -0.416. The number of aryl methyl sites for hydroxylation is 1. The zero-order chi connectivity index (χ0) is 18.8. The van der Waals surface area contributed by atoms with Gasteiger partial charge in [-0.15, -0.1) is 0 Å². The van der Waals surface area contributed by atoms with Gasteiger partial charge in [0, 0.05) is 19.3 Å². The summed E-state index contributed by atoms with van der Waals surface area (Å²) in [6.45, 7) is 3.00. The summed E-state index contributed by atoms with van der Waals surface area (Å²) >= 11 is 6.23. The molecule has 0 radical (unpaired) electrons. The molecule has 2 aromatic heterocycles. The minimum absolute atomic E-state index is 0.0486. The van der Waals surface area contributed by atoms with Crippen molar-refractivity contribution in [1.29, 1.82) is 0 Å². The fraction of sp³-hybridized carbons (Fsp3) is 0.333. The quantitative estimate of drug-likeness (QED) is 0.723. The molecule has 27 heavy (non-hydrogen) atoms. The van der Waals surface area contributed by atoms with Crippen LogP contribution in [0, 0.1) is 6.92 Å². The van der Waals surface area contributed by atoms with Gasteiger partial charge >= 0.3 is 11.8 Å². The number of ether oxygens (including phenoxy) is 1. The Morgan fingerprint density at radius 2 is 2.26 bits per heavy atom. The summed E-state index contributed by atoms with van der Waals surface area (Å²) in [4.78, 5) is 16.4. The summed E-state index contributed by atoms with van der Waals surface area (Å²) in [5.74, 6) is -0.207. The second-order valence-corrected chi connectivity index (χ2v) is 6.70. The number of benzene rings is 1. The molecule has 1 N–H and O–H groups in total. The molecule has 1 atom stereocenters. The third-order valence-electron chi connectivity index (χ3n) is 4.37. The van der Waals surface area contributed by atoms with E-state index >= 15 is 0 Å². The molecule has 3 heterocycles. The molecule has 0 unspecified atom stereocenters. The van der Waals surface area contributed by atoms with Crippen LogP contribution in [0.3, 0.4) is 0 Å². The Bertz CT molecular complexity index is 962. The molecule has 4 rings (SSSR count). The predicted molar refractivity (Wildman–Crippen MR) is 97.9 cm³/mol. The molecule has 1 fully saturated rings. The normalized spacial score (nSPS) is 16.6. The first kappa shape index (κ1) is 17.7. The van der Waals surface area contributed by atoms with Crippen molar-refractivity contribution >= 4 is 17.5 Å². The van der Waals surface area contributed by atoms with E-state index in [1.165, 1.54) is 0 Å². The van der Waals surface area contributed by atoms with Gasteiger partial charge in [-0.05, 0) is 31.9 Å². The van der Waals surface area contributed by atoms with E-state index in [9.17, 15) is 4.79 Å². The fourth-order valence-electron chi connectivity index (χ4n) is 2.95. The first-order chi connectivity index (χ1) is 13.1. The highest BCUT2D eigenvalue weighted by Gasteiger charge is 2.21.